The van der Waals surface area contributed by atoms with Gasteiger partial charge in [0.2, 0.25) is 0 Å². The standard InChI is InChI=1S/C17H13NO4/c1-18-13-5-3-2-4-11(13)16-9-14(19)12-8-10(17(20)21)6-7-15(12)22-16/h2-9,18H,1H3,(H,20,21). The molecule has 0 amide bonds. The lowest BCUT2D eigenvalue weighted by Gasteiger charge is -2.09. The molecule has 0 radical (unpaired) electrons. The van der Waals surface area contributed by atoms with E-state index in [-0.39, 0.29) is 16.4 Å². The van der Waals surface area contributed by atoms with Crippen molar-refractivity contribution in [3.05, 3.63) is 64.3 Å². The van der Waals surface area contributed by atoms with E-state index in [0.717, 1.165) is 11.3 Å². The fourth-order valence-corrected chi connectivity index (χ4v) is 2.34. The molecule has 22 heavy (non-hydrogen) atoms. The van der Waals surface area contributed by atoms with Crippen molar-refractivity contribution in [2.45, 2.75) is 0 Å². The van der Waals surface area contributed by atoms with Gasteiger partial charge in [0, 0.05) is 24.4 Å². The van der Waals surface area contributed by atoms with E-state index in [1.54, 1.807) is 7.05 Å². The SMILES string of the molecule is CNc1ccccc1-c1cc(=O)c2cc(C(=O)O)ccc2o1. The molecule has 0 bridgehead atoms. The summed E-state index contributed by atoms with van der Waals surface area (Å²) >= 11 is 0. The molecule has 0 aliphatic rings. The van der Waals surface area contributed by atoms with Crippen LogP contribution in [-0.2, 0) is 0 Å². The molecule has 3 rings (SSSR count). The van der Waals surface area contributed by atoms with Gasteiger partial charge in [-0.15, -0.1) is 0 Å². The van der Waals surface area contributed by atoms with E-state index in [4.69, 9.17) is 9.52 Å². The van der Waals surface area contributed by atoms with Crippen LogP contribution in [0.3, 0.4) is 0 Å². The van der Waals surface area contributed by atoms with Crippen molar-refractivity contribution in [1.82, 2.24) is 0 Å². The van der Waals surface area contributed by atoms with Crippen LogP contribution in [0.2, 0.25) is 0 Å². The number of carboxylic acids is 1. The average molecular weight is 295 g/mol. The number of rotatable bonds is 3. The van der Waals surface area contributed by atoms with E-state index >= 15 is 0 Å². The Morgan fingerprint density at radius 1 is 1.14 bits per heavy atom. The van der Waals surface area contributed by atoms with E-state index in [1.165, 1.54) is 24.3 Å². The topological polar surface area (TPSA) is 79.5 Å². The maximum absolute atomic E-state index is 12.3. The van der Waals surface area contributed by atoms with Crippen LogP contribution in [0.5, 0.6) is 0 Å². The predicted octanol–water partition coefficient (Wildman–Crippen LogP) is 3.20. The van der Waals surface area contributed by atoms with Gasteiger partial charge in [-0.2, -0.15) is 0 Å². The van der Waals surface area contributed by atoms with Crippen molar-refractivity contribution < 1.29 is 14.3 Å². The summed E-state index contributed by atoms with van der Waals surface area (Å²) in [6, 6.07) is 13.1. The molecule has 1 heterocycles. The molecule has 0 atom stereocenters. The number of aromatic carboxylic acids is 1. The highest BCUT2D eigenvalue weighted by Crippen LogP contribution is 2.28. The molecule has 0 saturated carbocycles. The summed E-state index contributed by atoms with van der Waals surface area (Å²) in [5.41, 5.74) is 1.75. The normalized spacial score (nSPS) is 10.6. The maximum atomic E-state index is 12.3. The molecule has 3 aromatic rings. The summed E-state index contributed by atoms with van der Waals surface area (Å²) in [5, 5.41) is 12.3. The van der Waals surface area contributed by atoms with Crippen LogP contribution in [0.1, 0.15) is 10.4 Å². The Bertz CT molecular complexity index is 927. The van der Waals surface area contributed by atoms with Crippen molar-refractivity contribution in [2.24, 2.45) is 0 Å². The molecular weight excluding hydrogens is 282 g/mol. The third-order valence-electron chi connectivity index (χ3n) is 3.44. The molecule has 1 aromatic heterocycles. The third-order valence-corrected chi connectivity index (χ3v) is 3.44. The number of anilines is 1. The highest BCUT2D eigenvalue weighted by molar-refractivity contribution is 5.93. The van der Waals surface area contributed by atoms with Gasteiger partial charge in [-0.1, -0.05) is 12.1 Å². The molecule has 0 aliphatic carbocycles. The third kappa shape index (κ3) is 2.33. The smallest absolute Gasteiger partial charge is 0.335 e. The molecule has 0 aliphatic heterocycles. The van der Waals surface area contributed by atoms with E-state index in [0.29, 0.717) is 11.3 Å². The number of benzene rings is 2. The lowest BCUT2D eigenvalue weighted by Crippen LogP contribution is -2.04. The van der Waals surface area contributed by atoms with E-state index in [9.17, 15) is 9.59 Å². The molecule has 0 unspecified atom stereocenters. The molecule has 2 N–H and O–H groups in total. The molecule has 0 fully saturated rings. The van der Waals surface area contributed by atoms with E-state index in [1.807, 2.05) is 24.3 Å². The highest BCUT2D eigenvalue weighted by Gasteiger charge is 2.12. The maximum Gasteiger partial charge on any atom is 0.335 e. The minimum absolute atomic E-state index is 0.0585. The summed E-state index contributed by atoms with van der Waals surface area (Å²) in [5.74, 6) is -0.642. The second kappa shape index (κ2) is 5.37. The first kappa shape index (κ1) is 13.9. The minimum Gasteiger partial charge on any atom is -0.478 e. The Morgan fingerprint density at radius 2 is 1.91 bits per heavy atom. The predicted molar refractivity (Wildman–Crippen MR) is 84.4 cm³/mol. The molecular formula is C17H13NO4. The Hall–Kier alpha value is -3.08. The monoisotopic (exact) mass is 295 g/mol. The van der Waals surface area contributed by atoms with Gasteiger partial charge >= 0.3 is 5.97 Å². The van der Waals surface area contributed by atoms with Crippen molar-refractivity contribution in [3.8, 4) is 11.3 Å². The summed E-state index contributed by atoms with van der Waals surface area (Å²) in [7, 11) is 1.79. The second-order valence-electron chi connectivity index (χ2n) is 4.79. The van der Waals surface area contributed by atoms with Gasteiger partial charge < -0.3 is 14.8 Å². The zero-order chi connectivity index (χ0) is 15.7. The van der Waals surface area contributed by atoms with Crippen LogP contribution in [-0.4, -0.2) is 18.1 Å². The zero-order valence-electron chi connectivity index (χ0n) is 11.8. The van der Waals surface area contributed by atoms with Crippen molar-refractivity contribution in [1.29, 1.82) is 0 Å². The van der Waals surface area contributed by atoms with Crippen LogP contribution in [0, 0.1) is 0 Å². The average Bonchev–Trinajstić information content (AvgIpc) is 2.54. The Labute approximate surface area is 125 Å². The van der Waals surface area contributed by atoms with Crippen LogP contribution < -0.4 is 10.7 Å². The number of para-hydroxylation sites is 1. The number of hydrogen-bond acceptors (Lipinski definition) is 4. The van der Waals surface area contributed by atoms with Gasteiger partial charge in [-0.05, 0) is 30.3 Å². The highest BCUT2D eigenvalue weighted by atomic mass is 16.4. The van der Waals surface area contributed by atoms with Gasteiger partial charge in [-0.25, -0.2) is 4.79 Å². The summed E-state index contributed by atoms with van der Waals surface area (Å²) < 4.78 is 5.77. The molecule has 5 nitrogen and oxygen atoms in total. The van der Waals surface area contributed by atoms with Gasteiger partial charge in [0.1, 0.15) is 11.3 Å². The summed E-state index contributed by atoms with van der Waals surface area (Å²) in [4.78, 5) is 23.3. The van der Waals surface area contributed by atoms with Crippen LogP contribution in [0.25, 0.3) is 22.3 Å². The molecule has 110 valence electrons. The number of carboxylic acid groups (broad SMARTS) is 1. The first-order chi connectivity index (χ1) is 10.6. The number of fused-ring (bicyclic) bond motifs is 1. The second-order valence-corrected chi connectivity index (χ2v) is 4.79. The van der Waals surface area contributed by atoms with Crippen molar-refractivity contribution in [3.63, 3.8) is 0 Å². The van der Waals surface area contributed by atoms with Gasteiger partial charge in [0.25, 0.3) is 0 Å². The number of nitrogens with one attached hydrogen (secondary N) is 1. The fourth-order valence-electron chi connectivity index (χ4n) is 2.34. The van der Waals surface area contributed by atoms with Crippen LogP contribution in [0.15, 0.2) is 57.7 Å². The van der Waals surface area contributed by atoms with Gasteiger partial charge in [0.05, 0.1) is 10.9 Å². The quantitative estimate of drug-likeness (QED) is 0.775. The minimum atomic E-state index is -1.08. The van der Waals surface area contributed by atoms with Gasteiger partial charge in [-0.3, -0.25) is 4.79 Å². The fraction of sp³-hybridized carbons (Fsp3) is 0.0588. The lowest BCUT2D eigenvalue weighted by molar-refractivity contribution is 0.0697. The molecule has 0 saturated heterocycles. The van der Waals surface area contributed by atoms with Gasteiger partial charge in [0.15, 0.2) is 5.43 Å². The van der Waals surface area contributed by atoms with Crippen molar-refractivity contribution in [2.75, 3.05) is 12.4 Å². The van der Waals surface area contributed by atoms with Crippen LogP contribution >= 0.6 is 0 Å². The molecule has 5 heteroatoms. The number of hydrogen-bond donors (Lipinski definition) is 2. The van der Waals surface area contributed by atoms with E-state index in [2.05, 4.69) is 5.32 Å². The van der Waals surface area contributed by atoms with Crippen molar-refractivity contribution >= 4 is 22.6 Å². The molecule has 2 aromatic carbocycles. The first-order valence-electron chi connectivity index (χ1n) is 6.68. The summed E-state index contributed by atoms with van der Waals surface area (Å²) in [6.07, 6.45) is 0. The van der Waals surface area contributed by atoms with Crippen LogP contribution in [0.4, 0.5) is 5.69 Å². The lowest BCUT2D eigenvalue weighted by atomic mass is 10.1. The Morgan fingerprint density at radius 3 is 2.64 bits per heavy atom. The van der Waals surface area contributed by atoms with E-state index < -0.39 is 5.97 Å². The summed E-state index contributed by atoms with van der Waals surface area (Å²) in [6.45, 7) is 0. The number of carbonyl (C=O) groups is 1. The molecule has 0 spiro atoms. The largest absolute Gasteiger partial charge is 0.478 e. The zero-order valence-corrected chi connectivity index (χ0v) is 11.8. The Kier molecular flexibility index (Phi) is 3.39. The Balaban J connectivity index is 2.24. The first-order valence-corrected chi connectivity index (χ1v) is 6.68.